The van der Waals surface area contributed by atoms with Gasteiger partial charge in [0.2, 0.25) is 0 Å². The molecular formula is C22H22F3N5O2. The monoisotopic (exact) mass is 445 g/mol. The van der Waals surface area contributed by atoms with Crippen LogP contribution < -0.4 is 16.4 Å². The number of hydrogen-bond acceptors (Lipinski definition) is 5. The third-order valence-electron chi connectivity index (χ3n) is 5.55. The molecule has 2 heterocycles. The van der Waals surface area contributed by atoms with Crippen molar-refractivity contribution in [1.82, 2.24) is 9.80 Å². The molecule has 0 radical (unpaired) electrons. The molecule has 0 spiro atoms. The second kappa shape index (κ2) is 8.19. The van der Waals surface area contributed by atoms with Gasteiger partial charge in [-0.25, -0.2) is 0 Å². The lowest BCUT2D eigenvalue weighted by atomic mass is 10.0. The zero-order valence-electron chi connectivity index (χ0n) is 17.3. The molecule has 2 aromatic rings. The number of piperazine rings is 1. The van der Waals surface area contributed by atoms with Crippen LogP contribution in [0.1, 0.15) is 21.5 Å². The summed E-state index contributed by atoms with van der Waals surface area (Å²) < 4.78 is 39.4. The molecule has 2 aliphatic heterocycles. The van der Waals surface area contributed by atoms with Crippen molar-refractivity contribution >= 4 is 28.8 Å². The van der Waals surface area contributed by atoms with Crippen LogP contribution >= 0.6 is 0 Å². The highest BCUT2D eigenvalue weighted by Crippen LogP contribution is 2.36. The number of nitrogens with two attached hydrogens (primary N) is 1. The van der Waals surface area contributed by atoms with Crippen LogP contribution in [0, 0.1) is 0 Å². The molecule has 1 fully saturated rings. The maximum Gasteiger partial charge on any atom is 0.416 e. The van der Waals surface area contributed by atoms with Gasteiger partial charge in [-0.1, -0.05) is 12.1 Å². The molecule has 0 bridgehead atoms. The Bertz CT molecular complexity index is 1100. The van der Waals surface area contributed by atoms with E-state index < -0.39 is 17.6 Å². The number of nitrogens with one attached hydrogen (secondary N) is 2. The van der Waals surface area contributed by atoms with E-state index in [2.05, 4.69) is 15.5 Å². The summed E-state index contributed by atoms with van der Waals surface area (Å²) in [6.45, 7) is 2.85. The van der Waals surface area contributed by atoms with Gasteiger partial charge in [0.05, 0.1) is 22.5 Å². The molecule has 2 aliphatic rings. The number of halogens is 3. The van der Waals surface area contributed by atoms with Gasteiger partial charge in [0.15, 0.2) is 0 Å². The highest BCUT2D eigenvalue weighted by atomic mass is 19.4. The Balaban J connectivity index is 1.63. The number of alkyl halides is 3. The zero-order valence-corrected chi connectivity index (χ0v) is 17.3. The summed E-state index contributed by atoms with van der Waals surface area (Å²) in [5.74, 6) is -0.829. The van der Waals surface area contributed by atoms with Crippen LogP contribution in [0.2, 0.25) is 0 Å². The average Bonchev–Trinajstić information content (AvgIpc) is 3.15. The second-order valence-electron chi connectivity index (χ2n) is 7.80. The SMILES string of the molecule is CN1CCN(C(=O)c2ccc3c(c2)N/C(=C(/C(N)=O)c2cccc(C(F)(F)F)c2)N3)CC1. The van der Waals surface area contributed by atoms with Crippen molar-refractivity contribution in [3.8, 4) is 0 Å². The van der Waals surface area contributed by atoms with E-state index in [1.54, 1.807) is 23.1 Å². The van der Waals surface area contributed by atoms with E-state index in [0.717, 1.165) is 25.2 Å². The lowest BCUT2D eigenvalue weighted by molar-refractivity contribution is -0.137. The molecule has 168 valence electrons. The van der Waals surface area contributed by atoms with Gasteiger partial charge in [-0.3, -0.25) is 9.59 Å². The smallest absolute Gasteiger partial charge is 0.365 e. The molecule has 32 heavy (non-hydrogen) atoms. The van der Waals surface area contributed by atoms with Crippen molar-refractivity contribution < 1.29 is 22.8 Å². The molecule has 0 saturated carbocycles. The molecule has 4 N–H and O–H groups in total. The minimum Gasteiger partial charge on any atom is -0.365 e. The largest absolute Gasteiger partial charge is 0.416 e. The van der Waals surface area contributed by atoms with E-state index in [-0.39, 0.29) is 22.9 Å². The predicted octanol–water partition coefficient (Wildman–Crippen LogP) is 2.78. The van der Waals surface area contributed by atoms with Crippen LogP contribution in [0.4, 0.5) is 24.5 Å². The molecule has 10 heteroatoms. The normalized spacial score (nSPS) is 17.9. The highest BCUT2D eigenvalue weighted by molar-refractivity contribution is 6.21. The number of hydrogen-bond donors (Lipinski definition) is 3. The standard InChI is InChI=1S/C22H22F3N5O2/c1-29-7-9-30(10-8-29)21(32)14-5-6-16-17(12-14)28-20(27-16)18(19(26)31)13-3-2-4-15(11-13)22(23,24)25/h2-6,11-12,27-28H,7-10H2,1H3,(H2,26,31)/b20-18+. The zero-order chi connectivity index (χ0) is 23.0. The number of likely N-dealkylation sites (N-methyl/N-ethyl adjacent to an activating group) is 1. The Morgan fingerprint density at radius 1 is 0.938 bits per heavy atom. The molecular weight excluding hydrogens is 423 g/mol. The molecule has 1 saturated heterocycles. The van der Waals surface area contributed by atoms with Crippen LogP contribution in [0.15, 0.2) is 48.3 Å². The van der Waals surface area contributed by atoms with Crippen molar-refractivity contribution in [1.29, 1.82) is 0 Å². The van der Waals surface area contributed by atoms with Gasteiger partial charge in [-0.05, 0) is 42.9 Å². The Labute approximate surface area is 182 Å². The van der Waals surface area contributed by atoms with E-state index in [9.17, 15) is 22.8 Å². The first-order valence-corrected chi connectivity index (χ1v) is 10.0. The number of anilines is 2. The van der Waals surface area contributed by atoms with Gasteiger partial charge in [-0.2, -0.15) is 13.2 Å². The van der Waals surface area contributed by atoms with E-state index >= 15 is 0 Å². The minimum absolute atomic E-state index is 0.0314. The van der Waals surface area contributed by atoms with Gasteiger partial charge >= 0.3 is 6.18 Å². The van der Waals surface area contributed by atoms with E-state index in [1.807, 2.05) is 7.05 Å². The highest BCUT2D eigenvalue weighted by Gasteiger charge is 2.32. The fourth-order valence-corrected chi connectivity index (χ4v) is 3.77. The van der Waals surface area contributed by atoms with Crippen LogP contribution in [-0.2, 0) is 11.0 Å². The van der Waals surface area contributed by atoms with Gasteiger partial charge in [0, 0.05) is 31.7 Å². The molecule has 4 rings (SSSR count). The number of amides is 2. The maximum absolute atomic E-state index is 13.1. The third kappa shape index (κ3) is 4.26. The lowest BCUT2D eigenvalue weighted by Gasteiger charge is -2.32. The first kappa shape index (κ1) is 21.7. The number of carbonyl (C=O) groups is 2. The lowest BCUT2D eigenvalue weighted by Crippen LogP contribution is -2.47. The first-order chi connectivity index (χ1) is 15.1. The van der Waals surface area contributed by atoms with Crippen LogP contribution in [0.3, 0.4) is 0 Å². The molecule has 0 aromatic heterocycles. The fraction of sp³-hybridized carbons (Fsp3) is 0.273. The summed E-state index contributed by atoms with van der Waals surface area (Å²) in [5, 5.41) is 5.96. The van der Waals surface area contributed by atoms with Crippen molar-refractivity contribution in [2.45, 2.75) is 6.18 Å². The Morgan fingerprint density at radius 3 is 2.28 bits per heavy atom. The van der Waals surface area contributed by atoms with Crippen molar-refractivity contribution in [3.05, 3.63) is 65.0 Å². The molecule has 2 amide bonds. The van der Waals surface area contributed by atoms with Crippen molar-refractivity contribution in [3.63, 3.8) is 0 Å². The van der Waals surface area contributed by atoms with Crippen molar-refractivity contribution in [2.24, 2.45) is 5.73 Å². The minimum atomic E-state index is -4.55. The molecule has 7 nitrogen and oxygen atoms in total. The summed E-state index contributed by atoms with van der Waals surface area (Å²) in [7, 11) is 2.00. The number of rotatable bonds is 3. The summed E-state index contributed by atoms with van der Waals surface area (Å²) in [6, 6.07) is 9.41. The summed E-state index contributed by atoms with van der Waals surface area (Å²) >= 11 is 0. The van der Waals surface area contributed by atoms with E-state index in [4.69, 9.17) is 5.73 Å². The Hall–Kier alpha value is -3.53. The van der Waals surface area contributed by atoms with Gasteiger partial charge < -0.3 is 26.2 Å². The molecule has 0 unspecified atom stereocenters. The van der Waals surface area contributed by atoms with Gasteiger partial charge in [0.25, 0.3) is 11.8 Å². The van der Waals surface area contributed by atoms with Crippen molar-refractivity contribution in [2.75, 3.05) is 43.9 Å². The van der Waals surface area contributed by atoms with Crippen LogP contribution in [0.5, 0.6) is 0 Å². The fourth-order valence-electron chi connectivity index (χ4n) is 3.77. The third-order valence-corrected chi connectivity index (χ3v) is 5.55. The predicted molar refractivity (Wildman–Crippen MR) is 115 cm³/mol. The number of nitrogens with zero attached hydrogens (tertiary/aromatic N) is 2. The summed E-state index contributed by atoms with van der Waals surface area (Å²) in [6.07, 6.45) is -4.55. The maximum atomic E-state index is 13.1. The molecule has 0 atom stereocenters. The summed E-state index contributed by atoms with van der Waals surface area (Å²) in [5.41, 5.74) is 6.13. The topological polar surface area (TPSA) is 90.7 Å². The van der Waals surface area contributed by atoms with E-state index in [0.29, 0.717) is 30.0 Å². The molecule has 2 aromatic carbocycles. The van der Waals surface area contributed by atoms with E-state index in [1.165, 1.54) is 12.1 Å². The number of carbonyl (C=O) groups excluding carboxylic acids is 2. The second-order valence-corrected chi connectivity index (χ2v) is 7.80. The van der Waals surface area contributed by atoms with Crippen LogP contribution in [0.25, 0.3) is 5.57 Å². The number of fused-ring (bicyclic) bond motifs is 1. The quantitative estimate of drug-likeness (QED) is 0.633. The number of primary amides is 1. The summed E-state index contributed by atoms with van der Waals surface area (Å²) in [4.78, 5) is 28.9. The van der Waals surface area contributed by atoms with Gasteiger partial charge in [-0.15, -0.1) is 0 Å². The van der Waals surface area contributed by atoms with Crippen LogP contribution in [-0.4, -0.2) is 54.8 Å². The number of benzene rings is 2. The molecule has 0 aliphatic carbocycles. The average molecular weight is 445 g/mol. The van der Waals surface area contributed by atoms with Gasteiger partial charge in [0.1, 0.15) is 5.82 Å². The Kier molecular flexibility index (Phi) is 5.55. The Morgan fingerprint density at radius 2 is 1.62 bits per heavy atom. The first-order valence-electron chi connectivity index (χ1n) is 10.0.